The molecule has 5 aliphatic heterocycles. The Balaban J connectivity index is 1.49. The first kappa shape index (κ1) is 25.8. The number of morpholine rings is 1. The van der Waals surface area contributed by atoms with E-state index < -0.39 is 27.4 Å². The summed E-state index contributed by atoms with van der Waals surface area (Å²) in [6.07, 6.45) is 9.03. The molecule has 9 nitrogen and oxygen atoms in total. The van der Waals surface area contributed by atoms with Crippen LogP contribution in [0, 0.1) is 11.8 Å². The molecule has 0 saturated carbocycles. The number of likely N-dealkylation sites (tertiary alicyclic amines) is 1. The molecule has 3 saturated heterocycles. The molecule has 3 amide bonds. The Kier molecular flexibility index (Phi) is 7.24. The van der Waals surface area contributed by atoms with Crippen molar-refractivity contribution in [2.45, 2.75) is 35.8 Å². The number of amides is 3. The van der Waals surface area contributed by atoms with Gasteiger partial charge in [0.25, 0.3) is 0 Å². The highest BCUT2D eigenvalue weighted by atomic mass is 32.2. The number of aliphatic hydroxyl groups excluding tert-OH is 1. The van der Waals surface area contributed by atoms with Gasteiger partial charge in [-0.1, -0.05) is 31.2 Å². The summed E-state index contributed by atoms with van der Waals surface area (Å²) in [5.41, 5.74) is 0. The Labute approximate surface area is 217 Å². The van der Waals surface area contributed by atoms with Gasteiger partial charge in [-0.15, -0.1) is 11.8 Å². The van der Waals surface area contributed by atoms with E-state index in [1.807, 2.05) is 41.9 Å². The molecule has 0 aromatic carbocycles. The normalized spacial score (nSPS) is 36.7. The van der Waals surface area contributed by atoms with Gasteiger partial charge in [-0.05, 0) is 13.3 Å². The van der Waals surface area contributed by atoms with Gasteiger partial charge in [0.05, 0.1) is 36.4 Å². The number of hydrogen-bond donors (Lipinski definition) is 1. The molecule has 0 bridgehead atoms. The van der Waals surface area contributed by atoms with Gasteiger partial charge >= 0.3 is 0 Å². The number of carbonyl (C=O) groups is 3. The summed E-state index contributed by atoms with van der Waals surface area (Å²) >= 11 is 1.60. The number of β-amino-alcohol motifs (C(OH)–C–C–N with tert-alkyl or cyclic N) is 1. The highest BCUT2D eigenvalue weighted by Gasteiger charge is 2.73. The van der Waals surface area contributed by atoms with Crippen LogP contribution in [-0.4, -0.2) is 130 Å². The van der Waals surface area contributed by atoms with Crippen molar-refractivity contribution in [1.29, 1.82) is 0 Å². The lowest BCUT2D eigenvalue weighted by molar-refractivity contribution is -0.145. The topological polar surface area (TPSA) is 93.6 Å². The number of carbonyl (C=O) groups excluding carboxylic acids is 3. The van der Waals surface area contributed by atoms with Crippen LogP contribution in [0.1, 0.15) is 20.3 Å². The van der Waals surface area contributed by atoms with E-state index in [0.717, 1.165) is 26.1 Å². The van der Waals surface area contributed by atoms with Gasteiger partial charge in [0.2, 0.25) is 17.7 Å². The van der Waals surface area contributed by atoms with E-state index in [1.165, 1.54) is 0 Å². The fourth-order valence-electron chi connectivity index (χ4n) is 6.73. The molecule has 0 aromatic heterocycles. The summed E-state index contributed by atoms with van der Waals surface area (Å²) in [6, 6.07) is -0.736. The minimum atomic E-state index is -0.842. The van der Waals surface area contributed by atoms with Crippen molar-refractivity contribution in [2.24, 2.45) is 11.8 Å². The smallest absolute Gasteiger partial charge is 0.247 e. The van der Waals surface area contributed by atoms with Crippen LogP contribution in [0.15, 0.2) is 24.3 Å². The third-order valence-corrected chi connectivity index (χ3v) is 10.1. The fourth-order valence-corrected chi connectivity index (χ4v) is 8.88. The van der Waals surface area contributed by atoms with E-state index in [0.29, 0.717) is 39.4 Å². The molecule has 0 aromatic rings. The average Bonchev–Trinajstić information content (AvgIpc) is 3.13. The Hall–Kier alpha value is -1.88. The van der Waals surface area contributed by atoms with Crippen LogP contribution in [0.3, 0.4) is 0 Å². The van der Waals surface area contributed by atoms with Gasteiger partial charge in [0, 0.05) is 57.1 Å². The lowest BCUT2D eigenvalue weighted by atomic mass is 9.74. The molecule has 0 aliphatic carbocycles. The minimum absolute atomic E-state index is 0.00839. The highest BCUT2D eigenvalue weighted by molar-refractivity contribution is 8.02. The van der Waals surface area contributed by atoms with Crippen molar-refractivity contribution in [3.63, 3.8) is 0 Å². The Morgan fingerprint density at radius 1 is 0.944 bits per heavy atom. The van der Waals surface area contributed by atoms with Gasteiger partial charge in [0.15, 0.2) is 0 Å². The molecule has 5 aliphatic rings. The maximum absolute atomic E-state index is 14.1. The second-order valence-corrected chi connectivity index (χ2v) is 12.4. The first-order valence-electron chi connectivity index (χ1n) is 13.2. The Morgan fingerprint density at radius 3 is 2.33 bits per heavy atom. The SMILES string of the molecule is CCCN1CC=C[C@]2(C)S[C@]34C=CCN(CCN5CCOCC5)C(=O)C3N(CCO)C(=O)[C@@H]4[C@@H]2C1=O. The van der Waals surface area contributed by atoms with Gasteiger partial charge in [-0.3, -0.25) is 19.3 Å². The van der Waals surface area contributed by atoms with Crippen LogP contribution < -0.4 is 0 Å². The second kappa shape index (κ2) is 10.1. The first-order chi connectivity index (χ1) is 17.4. The monoisotopic (exact) mass is 518 g/mol. The van der Waals surface area contributed by atoms with Crippen LogP contribution in [0.25, 0.3) is 0 Å². The zero-order valence-corrected chi connectivity index (χ0v) is 22.1. The molecule has 5 rings (SSSR count). The van der Waals surface area contributed by atoms with Gasteiger partial charge < -0.3 is 24.5 Å². The lowest BCUT2D eigenvalue weighted by Gasteiger charge is -2.37. The number of rotatable bonds is 7. The summed E-state index contributed by atoms with van der Waals surface area (Å²) in [7, 11) is 0. The van der Waals surface area contributed by atoms with Crippen molar-refractivity contribution >= 4 is 29.5 Å². The average molecular weight is 519 g/mol. The number of ether oxygens (including phenoxy) is 1. The molecule has 1 N–H and O–H groups in total. The number of aliphatic hydroxyl groups is 1. The summed E-state index contributed by atoms with van der Waals surface area (Å²) in [6.45, 7) is 10.0. The largest absolute Gasteiger partial charge is 0.395 e. The van der Waals surface area contributed by atoms with Gasteiger partial charge in [0.1, 0.15) is 6.04 Å². The second-order valence-electron chi connectivity index (χ2n) is 10.6. The molecule has 10 heteroatoms. The van der Waals surface area contributed by atoms with Crippen molar-refractivity contribution in [3.8, 4) is 0 Å². The summed E-state index contributed by atoms with van der Waals surface area (Å²) in [5.74, 6) is -1.48. The van der Waals surface area contributed by atoms with Crippen LogP contribution in [0.5, 0.6) is 0 Å². The quantitative estimate of drug-likeness (QED) is 0.482. The summed E-state index contributed by atoms with van der Waals surface area (Å²) in [5, 5.41) is 9.84. The molecule has 3 fully saturated rings. The molecule has 1 spiro atoms. The number of hydrogen-bond acceptors (Lipinski definition) is 7. The van der Waals surface area contributed by atoms with E-state index in [1.54, 1.807) is 16.7 Å². The molecule has 5 atom stereocenters. The zero-order chi connectivity index (χ0) is 25.5. The molecular weight excluding hydrogens is 480 g/mol. The van der Waals surface area contributed by atoms with Crippen molar-refractivity contribution in [3.05, 3.63) is 24.3 Å². The van der Waals surface area contributed by atoms with Gasteiger partial charge in [-0.25, -0.2) is 0 Å². The predicted molar refractivity (Wildman–Crippen MR) is 137 cm³/mol. The van der Waals surface area contributed by atoms with Crippen molar-refractivity contribution in [2.75, 3.05) is 72.2 Å². The molecule has 5 heterocycles. The standard InChI is InChI=1S/C26H38N4O5S/c1-3-8-28-9-4-6-25(2)19(22(28)32)20-23(33)30(13-16-31)21-24(34)29(10-5-7-26(20,21)36-25)12-11-27-14-17-35-18-15-27/h4-7,19-21,31H,3,8-18H2,1-2H3/t19-,20+,21?,25+,26+/m1/s1. The fraction of sp³-hybridized carbons (Fsp3) is 0.731. The summed E-state index contributed by atoms with van der Waals surface area (Å²) < 4.78 is 4.02. The van der Waals surface area contributed by atoms with Crippen LogP contribution in [0.2, 0.25) is 0 Å². The number of thioether (sulfide) groups is 1. The Morgan fingerprint density at radius 2 is 1.64 bits per heavy atom. The third-order valence-electron chi connectivity index (χ3n) is 8.35. The molecular formula is C26H38N4O5S. The predicted octanol–water partition coefficient (Wildman–Crippen LogP) is 0.205. The molecule has 198 valence electrons. The highest BCUT2D eigenvalue weighted by Crippen LogP contribution is 2.65. The Bertz CT molecular complexity index is 953. The lowest BCUT2D eigenvalue weighted by Crippen LogP contribution is -2.55. The van der Waals surface area contributed by atoms with Crippen LogP contribution in [0.4, 0.5) is 0 Å². The minimum Gasteiger partial charge on any atom is -0.395 e. The summed E-state index contributed by atoms with van der Waals surface area (Å²) in [4.78, 5) is 49.6. The van der Waals surface area contributed by atoms with E-state index in [9.17, 15) is 19.5 Å². The first-order valence-corrected chi connectivity index (χ1v) is 14.0. The van der Waals surface area contributed by atoms with Gasteiger partial charge in [-0.2, -0.15) is 0 Å². The van der Waals surface area contributed by atoms with E-state index in [2.05, 4.69) is 11.0 Å². The van der Waals surface area contributed by atoms with E-state index >= 15 is 0 Å². The third kappa shape index (κ3) is 4.10. The van der Waals surface area contributed by atoms with Crippen LogP contribution in [-0.2, 0) is 19.1 Å². The molecule has 0 radical (unpaired) electrons. The molecule has 36 heavy (non-hydrogen) atoms. The number of nitrogens with zero attached hydrogens (tertiary/aromatic N) is 4. The van der Waals surface area contributed by atoms with Crippen molar-refractivity contribution in [1.82, 2.24) is 19.6 Å². The maximum Gasteiger partial charge on any atom is 0.247 e. The van der Waals surface area contributed by atoms with E-state index in [-0.39, 0.29) is 30.9 Å². The number of fused-ring (bicyclic) bond motifs is 2. The van der Waals surface area contributed by atoms with E-state index in [4.69, 9.17) is 4.74 Å². The maximum atomic E-state index is 14.1. The zero-order valence-electron chi connectivity index (χ0n) is 21.3. The molecule has 1 unspecified atom stereocenters. The van der Waals surface area contributed by atoms with Crippen LogP contribution >= 0.6 is 11.8 Å². The van der Waals surface area contributed by atoms with Crippen molar-refractivity contribution < 1.29 is 24.2 Å².